The van der Waals surface area contributed by atoms with E-state index in [9.17, 15) is 9.59 Å². The summed E-state index contributed by atoms with van der Waals surface area (Å²) >= 11 is 11.9. The van der Waals surface area contributed by atoms with E-state index in [0.717, 1.165) is 38.5 Å². The molecule has 1 atom stereocenters. The van der Waals surface area contributed by atoms with Crippen molar-refractivity contribution in [2.24, 2.45) is 11.7 Å². The molecule has 150 valence electrons. The zero-order valence-electron chi connectivity index (χ0n) is 15.2. The number of likely N-dealkylation sites (tertiary alicyclic amines) is 1. The summed E-state index contributed by atoms with van der Waals surface area (Å²) in [6.07, 6.45) is 5.67. The van der Waals surface area contributed by atoms with Crippen LogP contribution in [0.5, 0.6) is 0 Å². The van der Waals surface area contributed by atoms with Gasteiger partial charge in [0.15, 0.2) is 0 Å². The van der Waals surface area contributed by atoms with Crippen molar-refractivity contribution in [2.45, 2.75) is 44.1 Å². The molecule has 1 unspecified atom stereocenters. The number of hydrogen-bond acceptors (Lipinski definition) is 3. The van der Waals surface area contributed by atoms with E-state index in [4.69, 9.17) is 28.9 Å². The molecule has 1 aliphatic heterocycles. The molecule has 1 saturated carbocycles. The highest BCUT2D eigenvalue weighted by Crippen LogP contribution is 2.30. The van der Waals surface area contributed by atoms with Gasteiger partial charge in [0.25, 0.3) is 5.91 Å². The quantitative estimate of drug-likeness (QED) is 0.759. The molecule has 3 N–H and O–H groups in total. The van der Waals surface area contributed by atoms with Crippen LogP contribution in [0.2, 0.25) is 10.0 Å². The van der Waals surface area contributed by atoms with Crippen molar-refractivity contribution in [3.8, 4) is 0 Å². The molecule has 0 spiro atoms. The van der Waals surface area contributed by atoms with Gasteiger partial charge in [-0.05, 0) is 43.9 Å². The molecule has 0 radical (unpaired) electrons. The minimum Gasteiger partial charge on any atom is -0.349 e. The highest BCUT2D eigenvalue weighted by Gasteiger charge is 2.37. The molecule has 8 heteroatoms. The van der Waals surface area contributed by atoms with E-state index < -0.39 is 0 Å². The molecule has 3 rings (SSSR count). The molecule has 1 aliphatic carbocycles. The largest absolute Gasteiger partial charge is 0.349 e. The molecule has 1 aromatic rings. The van der Waals surface area contributed by atoms with E-state index in [1.807, 2.05) is 0 Å². The van der Waals surface area contributed by atoms with Gasteiger partial charge in [0.2, 0.25) is 5.91 Å². The Balaban J connectivity index is 0.00000261. The lowest BCUT2D eigenvalue weighted by molar-refractivity contribution is -0.128. The van der Waals surface area contributed by atoms with E-state index in [1.54, 1.807) is 23.1 Å². The average molecular weight is 435 g/mol. The second-order valence-corrected chi connectivity index (χ2v) is 8.21. The second kappa shape index (κ2) is 9.46. The summed E-state index contributed by atoms with van der Waals surface area (Å²) in [7, 11) is 0. The lowest BCUT2D eigenvalue weighted by atomic mass is 9.92. The zero-order chi connectivity index (χ0) is 18.7. The van der Waals surface area contributed by atoms with Gasteiger partial charge in [0.1, 0.15) is 0 Å². The minimum absolute atomic E-state index is 0. The van der Waals surface area contributed by atoms with Crippen LogP contribution in [0.15, 0.2) is 18.2 Å². The molecule has 2 aliphatic rings. The molecular formula is C19H26Cl3N3O2. The summed E-state index contributed by atoms with van der Waals surface area (Å²) in [4.78, 5) is 27.3. The van der Waals surface area contributed by atoms with Gasteiger partial charge in [-0.15, -0.1) is 12.4 Å². The maximum absolute atomic E-state index is 12.8. The summed E-state index contributed by atoms with van der Waals surface area (Å²) in [6, 6.07) is 4.87. The number of amides is 2. The van der Waals surface area contributed by atoms with E-state index in [-0.39, 0.29) is 35.7 Å². The van der Waals surface area contributed by atoms with Crippen LogP contribution >= 0.6 is 35.6 Å². The van der Waals surface area contributed by atoms with Gasteiger partial charge in [0, 0.05) is 25.2 Å². The van der Waals surface area contributed by atoms with E-state index >= 15 is 0 Å². The van der Waals surface area contributed by atoms with Crippen molar-refractivity contribution in [1.29, 1.82) is 0 Å². The third kappa shape index (κ3) is 5.08. The summed E-state index contributed by atoms with van der Waals surface area (Å²) in [6.45, 7) is 1.54. The number of nitrogens with zero attached hydrogens (tertiary/aromatic N) is 1. The number of piperidine rings is 1. The standard InChI is InChI=1S/C19H25Cl2N3O2.ClH/c20-15-6-5-13(10-16(15)21)18(26)24-9-3-4-14(11-24)17(25)23-19(12-22)7-1-2-8-19;/h5-6,10,14H,1-4,7-9,11-12,22H2,(H,23,25);1H. The van der Waals surface area contributed by atoms with Gasteiger partial charge in [0.05, 0.1) is 21.5 Å². The Hall–Kier alpha value is -1.01. The van der Waals surface area contributed by atoms with Crippen LogP contribution in [-0.4, -0.2) is 41.9 Å². The molecular weight excluding hydrogens is 409 g/mol. The van der Waals surface area contributed by atoms with Crippen molar-refractivity contribution >= 4 is 47.4 Å². The molecule has 27 heavy (non-hydrogen) atoms. The van der Waals surface area contributed by atoms with Crippen molar-refractivity contribution in [3.05, 3.63) is 33.8 Å². The van der Waals surface area contributed by atoms with Crippen LogP contribution in [0, 0.1) is 5.92 Å². The Bertz CT molecular complexity index is 693. The number of nitrogens with one attached hydrogen (secondary N) is 1. The molecule has 1 saturated heterocycles. The maximum Gasteiger partial charge on any atom is 0.253 e. The number of halogens is 3. The fourth-order valence-corrected chi connectivity index (χ4v) is 4.28. The van der Waals surface area contributed by atoms with Crippen molar-refractivity contribution < 1.29 is 9.59 Å². The molecule has 0 bridgehead atoms. The lowest BCUT2D eigenvalue weighted by Crippen LogP contribution is -2.55. The molecule has 5 nitrogen and oxygen atoms in total. The highest BCUT2D eigenvalue weighted by molar-refractivity contribution is 6.42. The Kier molecular flexibility index (Phi) is 7.81. The first-order valence-electron chi connectivity index (χ1n) is 9.20. The predicted molar refractivity (Wildman–Crippen MR) is 111 cm³/mol. The highest BCUT2D eigenvalue weighted by atomic mass is 35.5. The first kappa shape index (κ1) is 22.3. The number of nitrogens with two attached hydrogens (primary N) is 1. The van der Waals surface area contributed by atoms with Crippen LogP contribution in [0.1, 0.15) is 48.9 Å². The fraction of sp³-hybridized carbons (Fsp3) is 0.579. The Morgan fingerprint density at radius 2 is 1.89 bits per heavy atom. The number of carbonyl (C=O) groups is 2. The van der Waals surface area contributed by atoms with E-state index in [2.05, 4.69) is 5.32 Å². The topological polar surface area (TPSA) is 75.4 Å². The number of hydrogen-bond donors (Lipinski definition) is 2. The Morgan fingerprint density at radius 3 is 2.52 bits per heavy atom. The molecule has 2 fully saturated rings. The first-order chi connectivity index (χ1) is 12.4. The summed E-state index contributed by atoms with van der Waals surface area (Å²) in [5.74, 6) is -0.293. The normalized spacial score (nSPS) is 21.4. The number of benzene rings is 1. The minimum atomic E-state index is -0.257. The number of carbonyl (C=O) groups excluding carboxylic acids is 2. The fourth-order valence-electron chi connectivity index (χ4n) is 3.98. The van der Waals surface area contributed by atoms with Gasteiger partial charge < -0.3 is 16.0 Å². The van der Waals surface area contributed by atoms with Gasteiger partial charge >= 0.3 is 0 Å². The predicted octanol–water partition coefficient (Wildman–Crippen LogP) is 3.66. The monoisotopic (exact) mass is 433 g/mol. The summed E-state index contributed by atoms with van der Waals surface area (Å²) < 4.78 is 0. The SMILES string of the molecule is Cl.NCC1(NC(=O)C2CCCN(C(=O)c3ccc(Cl)c(Cl)c3)C2)CCCC1. The Labute approximate surface area is 176 Å². The van der Waals surface area contributed by atoms with Crippen LogP contribution < -0.4 is 11.1 Å². The third-order valence-corrected chi connectivity index (χ3v) is 6.32. The van der Waals surface area contributed by atoms with Crippen LogP contribution in [0.3, 0.4) is 0 Å². The molecule has 1 heterocycles. The first-order valence-corrected chi connectivity index (χ1v) is 9.96. The summed E-state index contributed by atoms with van der Waals surface area (Å²) in [5, 5.41) is 3.96. The van der Waals surface area contributed by atoms with Crippen molar-refractivity contribution in [3.63, 3.8) is 0 Å². The van der Waals surface area contributed by atoms with E-state index in [0.29, 0.717) is 35.2 Å². The average Bonchev–Trinajstić information content (AvgIpc) is 3.12. The Morgan fingerprint density at radius 1 is 1.19 bits per heavy atom. The lowest BCUT2D eigenvalue weighted by Gasteiger charge is -2.35. The second-order valence-electron chi connectivity index (χ2n) is 7.40. The summed E-state index contributed by atoms with van der Waals surface area (Å²) in [5.41, 5.74) is 6.16. The molecule has 0 aromatic heterocycles. The zero-order valence-corrected chi connectivity index (χ0v) is 17.5. The van der Waals surface area contributed by atoms with Gasteiger partial charge in [-0.3, -0.25) is 9.59 Å². The van der Waals surface area contributed by atoms with Gasteiger partial charge in [-0.2, -0.15) is 0 Å². The van der Waals surface area contributed by atoms with Crippen molar-refractivity contribution in [2.75, 3.05) is 19.6 Å². The van der Waals surface area contributed by atoms with E-state index in [1.165, 1.54) is 0 Å². The van der Waals surface area contributed by atoms with Crippen LogP contribution in [-0.2, 0) is 4.79 Å². The smallest absolute Gasteiger partial charge is 0.253 e. The van der Waals surface area contributed by atoms with Crippen LogP contribution in [0.25, 0.3) is 0 Å². The molecule has 2 amide bonds. The molecule has 1 aromatic carbocycles. The van der Waals surface area contributed by atoms with Crippen LogP contribution in [0.4, 0.5) is 0 Å². The van der Waals surface area contributed by atoms with Gasteiger partial charge in [-0.1, -0.05) is 36.0 Å². The van der Waals surface area contributed by atoms with Gasteiger partial charge in [-0.25, -0.2) is 0 Å². The third-order valence-electron chi connectivity index (χ3n) is 5.59. The van der Waals surface area contributed by atoms with Crippen molar-refractivity contribution in [1.82, 2.24) is 10.2 Å². The number of rotatable bonds is 4. The maximum atomic E-state index is 12.8.